The number of allylic oxidation sites excluding steroid dienone is 4. The van der Waals surface area contributed by atoms with Gasteiger partial charge in [-0.25, -0.2) is 0 Å². The molecule has 1 aliphatic carbocycles. The van der Waals surface area contributed by atoms with Gasteiger partial charge in [-0.2, -0.15) is 10.4 Å². The Morgan fingerprint density at radius 1 is 1.29 bits per heavy atom. The lowest BCUT2D eigenvalue weighted by Gasteiger charge is -2.15. The van der Waals surface area contributed by atoms with Crippen molar-refractivity contribution in [1.29, 1.82) is 5.26 Å². The van der Waals surface area contributed by atoms with Gasteiger partial charge in [0.25, 0.3) is 0 Å². The zero-order valence-electron chi connectivity index (χ0n) is 18.9. The van der Waals surface area contributed by atoms with Gasteiger partial charge < -0.3 is 4.90 Å². The van der Waals surface area contributed by atoms with E-state index in [1.54, 1.807) is 0 Å². The van der Waals surface area contributed by atoms with Crippen LogP contribution in [0.1, 0.15) is 73.3 Å². The normalized spacial score (nSPS) is 18.1. The number of amides is 1. The highest BCUT2D eigenvalue weighted by molar-refractivity contribution is 5.77. The van der Waals surface area contributed by atoms with Crippen molar-refractivity contribution in [3.63, 3.8) is 0 Å². The Labute approximate surface area is 184 Å². The third-order valence-electron chi connectivity index (χ3n) is 5.66. The monoisotopic (exact) mass is 417 g/mol. The number of rotatable bonds is 4. The second-order valence-corrected chi connectivity index (χ2v) is 8.62. The van der Waals surface area contributed by atoms with Gasteiger partial charge in [-0.3, -0.25) is 14.9 Å². The number of H-pyrrole nitrogens is 1. The number of nitriles is 1. The maximum atomic E-state index is 10.9. The predicted octanol–water partition coefficient (Wildman–Crippen LogP) is 4.80. The van der Waals surface area contributed by atoms with Crippen LogP contribution in [0.2, 0.25) is 0 Å². The van der Waals surface area contributed by atoms with E-state index in [1.165, 1.54) is 0 Å². The van der Waals surface area contributed by atoms with Crippen molar-refractivity contribution in [1.82, 2.24) is 20.1 Å². The van der Waals surface area contributed by atoms with Crippen molar-refractivity contribution in [2.45, 2.75) is 58.8 Å². The van der Waals surface area contributed by atoms with Crippen LogP contribution in [0.15, 0.2) is 35.9 Å². The molecule has 2 aromatic heterocycles. The summed E-state index contributed by atoms with van der Waals surface area (Å²) in [5, 5.41) is 16.1. The van der Waals surface area contributed by atoms with Crippen LogP contribution in [0, 0.1) is 25.2 Å². The summed E-state index contributed by atoms with van der Waals surface area (Å²) in [5.41, 5.74) is 7.39. The Hall–Kier alpha value is -3.20. The molecule has 0 radical (unpaired) electrons. The first-order valence-corrected chi connectivity index (χ1v) is 10.9. The van der Waals surface area contributed by atoms with Gasteiger partial charge in [-0.1, -0.05) is 19.9 Å². The topological polar surface area (TPSA) is 85.7 Å². The number of nitrogens with one attached hydrogen (secondary N) is 1. The first-order valence-electron chi connectivity index (χ1n) is 10.9. The van der Waals surface area contributed by atoms with Crippen LogP contribution in [0.25, 0.3) is 5.57 Å². The summed E-state index contributed by atoms with van der Waals surface area (Å²) in [4.78, 5) is 17.4. The second-order valence-electron chi connectivity index (χ2n) is 8.62. The van der Waals surface area contributed by atoms with E-state index in [1.807, 2.05) is 24.8 Å². The molecule has 2 aromatic rings. The summed E-state index contributed by atoms with van der Waals surface area (Å²) < 4.78 is 0. The highest BCUT2D eigenvalue weighted by Gasteiger charge is 2.24. The van der Waals surface area contributed by atoms with Crippen LogP contribution in [0.3, 0.4) is 0 Å². The SMILES string of the molecule is Cc1cc(C(C)C)n[nH]1.Cc1cc(C2=CCCC(C#N)=C2)cc(C2CCN(C=O)C2)n1. The van der Waals surface area contributed by atoms with Crippen LogP contribution in [0.5, 0.6) is 0 Å². The second kappa shape index (κ2) is 10.2. The average molecular weight is 418 g/mol. The van der Waals surface area contributed by atoms with Crippen molar-refractivity contribution in [3.8, 4) is 6.07 Å². The number of carbonyl (C=O) groups excluding carboxylic acids is 1. The highest BCUT2D eigenvalue weighted by atomic mass is 16.1. The first-order chi connectivity index (χ1) is 14.9. The molecular weight excluding hydrogens is 386 g/mol. The van der Waals surface area contributed by atoms with Crippen molar-refractivity contribution in [2.24, 2.45) is 0 Å². The number of hydrogen-bond donors (Lipinski definition) is 1. The lowest BCUT2D eigenvalue weighted by molar-refractivity contribution is -0.117. The number of aromatic amines is 1. The van der Waals surface area contributed by atoms with E-state index in [2.05, 4.69) is 59.4 Å². The number of pyridine rings is 1. The lowest BCUT2D eigenvalue weighted by Crippen LogP contribution is -2.18. The molecule has 1 fully saturated rings. The molecule has 6 heteroatoms. The Morgan fingerprint density at radius 3 is 2.68 bits per heavy atom. The zero-order valence-corrected chi connectivity index (χ0v) is 18.9. The molecule has 3 heterocycles. The fraction of sp³-hybridized carbons (Fsp3) is 0.440. The Balaban J connectivity index is 0.000000254. The molecule has 0 bridgehead atoms. The van der Waals surface area contributed by atoms with Crippen LogP contribution >= 0.6 is 0 Å². The molecule has 1 saturated heterocycles. The fourth-order valence-electron chi connectivity index (χ4n) is 3.92. The molecule has 0 spiro atoms. The van der Waals surface area contributed by atoms with Crippen molar-refractivity contribution in [2.75, 3.05) is 13.1 Å². The Morgan fingerprint density at radius 2 is 2.10 bits per heavy atom. The average Bonchev–Trinajstić information content (AvgIpc) is 3.43. The molecule has 162 valence electrons. The number of aromatic nitrogens is 3. The van der Waals surface area contributed by atoms with Gasteiger partial charge in [0, 0.05) is 41.7 Å². The Kier molecular flexibility index (Phi) is 7.41. The standard InChI is InChI=1S/C18H19N3O.C7H12N2/c1-13-7-17(15-4-2-3-14(8-15)10-19)9-18(20-13)16-5-6-21(11-16)12-22;1-5(2)7-4-6(3)8-9-7/h4,7-9,12,16H,2-3,5-6,11H2,1H3;4-5H,1-3H3,(H,8,9). The van der Waals surface area contributed by atoms with Crippen molar-refractivity contribution in [3.05, 3.63) is 64.3 Å². The number of nitrogens with zero attached hydrogens (tertiary/aromatic N) is 4. The number of likely N-dealkylation sites (tertiary alicyclic amines) is 1. The van der Waals surface area contributed by atoms with Crippen LogP contribution in [-0.4, -0.2) is 39.6 Å². The van der Waals surface area contributed by atoms with Gasteiger partial charge in [0.1, 0.15) is 0 Å². The molecule has 1 atom stereocenters. The Bertz CT molecular complexity index is 1020. The molecular formula is C25H31N5O. The summed E-state index contributed by atoms with van der Waals surface area (Å²) in [7, 11) is 0. The first kappa shape index (κ1) is 22.5. The van der Waals surface area contributed by atoms with Gasteiger partial charge in [0.05, 0.1) is 11.8 Å². The van der Waals surface area contributed by atoms with Gasteiger partial charge in [-0.15, -0.1) is 0 Å². The molecule has 4 rings (SSSR count). The number of aryl methyl sites for hydroxylation is 2. The highest BCUT2D eigenvalue weighted by Crippen LogP contribution is 2.30. The van der Waals surface area contributed by atoms with Crippen LogP contribution < -0.4 is 0 Å². The van der Waals surface area contributed by atoms with Gasteiger partial charge in [-0.05, 0) is 74.4 Å². The zero-order chi connectivity index (χ0) is 22.4. The molecule has 1 unspecified atom stereocenters. The molecule has 1 aliphatic heterocycles. The van der Waals surface area contributed by atoms with E-state index < -0.39 is 0 Å². The summed E-state index contributed by atoms with van der Waals surface area (Å²) >= 11 is 0. The minimum Gasteiger partial charge on any atom is -0.345 e. The smallest absolute Gasteiger partial charge is 0.209 e. The number of hydrogen-bond acceptors (Lipinski definition) is 4. The maximum Gasteiger partial charge on any atom is 0.209 e. The van der Waals surface area contributed by atoms with E-state index in [4.69, 9.17) is 5.26 Å². The molecule has 1 N–H and O–H groups in total. The molecule has 31 heavy (non-hydrogen) atoms. The van der Waals surface area contributed by atoms with E-state index in [0.717, 1.165) is 78.2 Å². The molecule has 2 aliphatic rings. The van der Waals surface area contributed by atoms with Crippen LogP contribution in [0.4, 0.5) is 0 Å². The summed E-state index contributed by atoms with van der Waals surface area (Å²) in [6.45, 7) is 9.83. The van der Waals surface area contributed by atoms with Crippen LogP contribution in [-0.2, 0) is 4.79 Å². The van der Waals surface area contributed by atoms with E-state index >= 15 is 0 Å². The summed E-state index contributed by atoms with van der Waals surface area (Å²) in [6.07, 6.45) is 7.79. The van der Waals surface area contributed by atoms with Crippen molar-refractivity contribution < 1.29 is 4.79 Å². The third kappa shape index (κ3) is 5.91. The van der Waals surface area contributed by atoms with E-state index in [-0.39, 0.29) is 0 Å². The van der Waals surface area contributed by atoms with Gasteiger partial charge >= 0.3 is 0 Å². The summed E-state index contributed by atoms with van der Waals surface area (Å²) in [5.74, 6) is 0.849. The maximum absolute atomic E-state index is 10.9. The predicted molar refractivity (Wildman–Crippen MR) is 122 cm³/mol. The molecule has 0 saturated carbocycles. The quantitative estimate of drug-likeness (QED) is 0.724. The minimum absolute atomic E-state index is 0.312. The van der Waals surface area contributed by atoms with E-state index in [0.29, 0.717) is 11.8 Å². The lowest BCUT2D eigenvalue weighted by atomic mass is 9.93. The fourth-order valence-corrected chi connectivity index (χ4v) is 3.92. The largest absolute Gasteiger partial charge is 0.345 e. The minimum atomic E-state index is 0.312. The number of carbonyl (C=O) groups is 1. The molecule has 0 aromatic carbocycles. The van der Waals surface area contributed by atoms with E-state index in [9.17, 15) is 4.79 Å². The molecule has 6 nitrogen and oxygen atoms in total. The summed E-state index contributed by atoms with van der Waals surface area (Å²) in [6, 6.07) is 8.52. The third-order valence-corrected chi connectivity index (χ3v) is 5.66. The van der Waals surface area contributed by atoms with Gasteiger partial charge in [0.15, 0.2) is 0 Å². The van der Waals surface area contributed by atoms with Gasteiger partial charge in [0.2, 0.25) is 6.41 Å². The molecule has 1 amide bonds. The van der Waals surface area contributed by atoms with Crippen molar-refractivity contribution >= 4 is 12.0 Å².